The number of carboxylic acid groups (broad SMARTS) is 2. The summed E-state index contributed by atoms with van der Waals surface area (Å²) in [5.74, 6) is -2.58. The Balaban J connectivity index is 2.97. The second-order valence-corrected chi connectivity index (χ2v) is 4.86. The molecular formula is C7H6F3NO7S. The maximum absolute atomic E-state index is 12.0. The van der Waals surface area contributed by atoms with Crippen molar-refractivity contribution < 1.29 is 45.6 Å². The number of carboxylic acids is 1. The van der Waals surface area contributed by atoms with Gasteiger partial charge in [0, 0.05) is 6.42 Å². The van der Waals surface area contributed by atoms with E-state index < -0.39 is 45.9 Å². The van der Waals surface area contributed by atoms with Gasteiger partial charge in [0.25, 0.3) is 0 Å². The van der Waals surface area contributed by atoms with E-state index in [1.807, 2.05) is 0 Å². The van der Waals surface area contributed by atoms with Gasteiger partial charge >= 0.3 is 27.7 Å². The van der Waals surface area contributed by atoms with Crippen molar-refractivity contribution in [1.82, 2.24) is 4.90 Å². The number of alkyl halides is 3. The van der Waals surface area contributed by atoms with Crippen LogP contribution in [0.3, 0.4) is 0 Å². The SMILES string of the molecule is O=C(O)[C@@H]1CC(OS(=O)(=O)C(F)(F)F)=CN1C(=O)O. The van der Waals surface area contributed by atoms with Gasteiger partial charge < -0.3 is 14.4 Å². The number of rotatable bonds is 3. The smallest absolute Gasteiger partial charge is 0.480 e. The van der Waals surface area contributed by atoms with Crippen molar-refractivity contribution in [3.63, 3.8) is 0 Å². The van der Waals surface area contributed by atoms with E-state index in [0.29, 0.717) is 6.20 Å². The predicted molar refractivity (Wildman–Crippen MR) is 50.0 cm³/mol. The molecule has 0 bridgehead atoms. The van der Waals surface area contributed by atoms with Gasteiger partial charge in [0.2, 0.25) is 0 Å². The van der Waals surface area contributed by atoms with Gasteiger partial charge in [0.15, 0.2) is 0 Å². The van der Waals surface area contributed by atoms with Gasteiger partial charge in [-0.15, -0.1) is 0 Å². The molecule has 19 heavy (non-hydrogen) atoms. The minimum atomic E-state index is -5.96. The molecule has 108 valence electrons. The van der Waals surface area contributed by atoms with Gasteiger partial charge in [0.1, 0.15) is 11.8 Å². The van der Waals surface area contributed by atoms with Crippen LogP contribution < -0.4 is 0 Å². The van der Waals surface area contributed by atoms with Crippen LogP contribution in [0.5, 0.6) is 0 Å². The quantitative estimate of drug-likeness (QED) is 0.576. The van der Waals surface area contributed by atoms with Crippen LogP contribution in [0, 0.1) is 0 Å². The summed E-state index contributed by atoms with van der Waals surface area (Å²) >= 11 is 0. The molecule has 0 saturated carbocycles. The number of carbonyl (C=O) groups is 2. The molecule has 0 unspecified atom stereocenters. The molecule has 0 aromatic carbocycles. The molecule has 0 aromatic rings. The summed E-state index contributed by atoms with van der Waals surface area (Å²) in [4.78, 5) is 21.4. The van der Waals surface area contributed by atoms with Crippen molar-refractivity contribution >= 4 is 22.2 Å². The van der Waals surface area contributed by atoms with Gasteiger partial charge in [-0.05, 0) is 0 Å². The molecule has 1 atom stereocenters. The largest absolute Gasteiger partial charge is 0.534 e. The average molecular weight is 305 g/mol. The highest BCUT2D eigenvalue weighted by atomic mass is 32.2. The molecule has 1 aliphatic heterocycles. The minimum Gasteiger partial charge on any atom is -0.480 e. The normalized spacial score (nSPS) is 20.1. The Hall–Kier alpha value is -1.98. The highest BCUT2D eigenvalue weighted by molar-refractivity contribution is 7.87. The van der Waals surface area contributed by atoms with Crippen molar-refractivity contribution in [2.75, 3.05) is 0 Å². The number of aliphatic carboxylic acids is 1. The minimum absolute atomic E-state index is 0.142. The van der Waals surface area contributed by atoms with Crippen molar-refractivity contribution in [3.05, 3.63) is 12.0 Å². The third kappa shape index (κ3) is 3.07. The van der Waals surface area contributed by atoms with Crippen LogP contribution in [-0.2, 0) is 19.1 Å². The molecule has 0 spiro atoms. The standard InChI is InChI=1S/C7H6F3NO7S/c8-7(9,10)19(16,17)18-3-1-4(5(12)13)11(2-3)6(14)15/h2,4H,1H2,(H,12,13)(H,14,15)/t4-/m0/s1. The highest BCUT2D eigenvalue weighted by Gasteiger charge is 2.50. The molecule has 12 heteroatoms. The Kier molecular flexibility index (Phi) is 3.65. The van der Waals surface area contributed by atoms with Gasteiger partial charge in [-0.1, -0.05) is 0 Å². The van der Waals surface area contributed by atoms with Gasteiger partial charge in [-0.25, -0.2) is 9.59 Å². The Morgan fingerprint density at radius 1 is 1.37 bits per heavy atom. The maximum atomic E-state index is 12.0. The molecule has 0 radical (unpaired) electrons. The van der Waals surface area contributed by atoms with Crippen LogP contribution in [0.2, 0.25) is 0 Å². The Bertz CT molecular complexity index is 537. The zero-order chi connectivity index (χ0) is 15.0. The average Bonchev–Trinajstić information content (AvgIpc) is 2.59. The third-order valence-corrected chi connectivity index (χ3v) is 3.02. The van der Waals surface area contributed by atoms with E-state index in [9.17, 15) is 31.2 Å². The summed E-state index contributed by atoms with van der Waals surface area (Å²) in [6.45, 7) is 0. The van der Waals surface area contributed by atoms with Gasteiger partial charge in [0.05, 0.1) is 6.20 Å². The van der Waals surface area contributed by atoms with E-state index >= 15 is 0 Å². The summed E-state index contributed by atoms with van der Waals surface area (Å²) in [6.07, 6.45) is -2.21. The molecule has 1 rings (SSSR count). The first-order valence-corrected chi connectivity index (χ1v) is 5.82. The molecule has 1 amide bonds. The summed E-state index contributed by atoms with van der Waals surface area (Å²) in [5.41, 5.74) is -5.69. The lowest BCUT2D eigenvalue weighted by Crippen LogP contribution is -2.37. The Labute approximate surface area is 103 Å². The van der Waals surface area contributed by atoms with Gasteiger partial charge in [-0.3, -0.25) is 4.90 Å². The van der Waals surface area contributed by atoms with Crippen LogP contribution in [-0.4, -0.2) is 47.1 Å². The number of amides is 1. The third-order valence-electron chi connectivity index (χ3n) is 2.02. The van der Waals surface area contributed by atoms with Crippen LogP contribution in [0.25, 0.3) is 0 Å². The van der Waals surface area contributed by atoms with Crippen molar-refractivity contribution in [2.45, 2.75) is 18.0 Å². The zero-order valence-corrected chi connectivity index (χ0v) is 9.60. The first-order valence-electron chi connectivity index (χ1n) is 4.41. The van der Waals surface area contributed by atoms with E-state index in [2.05, 4.69) is 4.18 Å². The zero-order valence-electron chi connectivity index (χ0n) is 8.79. The predicted octanol–water partition coefficient (Wildman–Crippen LogP) is 0.531. The second-order valence-electron chi connectivity index (χ2n) is 3.33. The van der Waals surface area contributed by atoms with Crippen LogP contribution in [0.1, 0.15) is 6.42 Å². The van der Waals surface area contributed by atoms with Crippen molar-refractivity contribution in [2.24, 2.45) is 0 Å². The van der Waals surface area contributed by atoms with Crippen LogP contribution >= 0.6 is 0 Å². The van der Waals surface area contributed by atoms with Crippen LogP contribution in [0.15, 0.2) is 12.0 Å². The monoisotopic (exact) mass is 305 g/mol. The number of hydrogen-bond donors (Lipinski definition) is 2. The lowest BCUT2D eigenvalue weighted by molar-refractivity contribution is -0.141. The highest BCUT2D eigenvalue weighted by Crippen LogP contribution is 2.31. The first kappa shape index (κ1) is 15.1. The topological polar surface area (TPSA) is 121 Å². The van der Waals surface area contributed by atoms with Crippen molar-refractivity contribution in [3.8, 4) is 0 Å². The van der Waals surface area contributed by atoms with E-state index in [1.165, 1.54) is 0 Å². The molecule has 2 N–H and O–H groups in total. The van der Waals surface area contributed by atoms with E-state index in [4.69, 9.17) is 10.2 Å². The molecule has 1 heterocycles. The Morgan fingerprint density at radius 2 is 1.89 bits per heavy atom. The maximum Gasteiger partial charge on any atom is 0.534 e. The van der Waals surface area contributed by atoms with Crippen LogP contribution in [0.4, 0.5) is 18.0 Å². The van der Waals surface area contributed by atoms with E-state index in [1.54, 1.807) is 0 Å². The Morgan fingerprint density at radius 3 is 2.21 bits per heavy atom. The molecule has 0 fully saturated rings. The summed E-state index contributed by atoms with van der Waals surface area (Å²) in [5, 5.41) is 17.2. The first-order chi connectivity index (χ1) is 8.45. The number of halogens is 3. The molecular weight excluding hydrogens is 299 g/mol. The van der Waals surface area contributed by atoms with Crippen molar-refractivity contribution in [1.29, 1.82) is 0 Å². The summed E-state index contributed by atoms with van der Waals surface area (Å²) < 4.78 is 61.0. The van der Waals surface area contributed by atoms with E-state index in [-0.39, 0.29) is 4.90 Å². The molecule has 1 aliphatic rings. The van der Waals surface area contributed by atoms with E-state index in [0.717, 1.165) is 0 Å². The lowest BCUT2D eigenvalue weighted by Gasteiger charge is -2.14. The molecule has 0 aromatic heterocycles. The fourth-order valence-electron chi connectivity index (χ4n) is 1.23. The second kappa shape index (κ2) is 4.60. The fourth-order valence-corrected chi connectivity index (χ4v) is 1.71. The lowest BCUT2D eigenvalue weighted by atomic mass is 10.2. The fraction of sp³-hybridized carbons (Fsp3) is 0.429. The number of nitrogens with zero attached hydrogens (tertiary/aromatic N) is 1. The molecule has 0 aliphatic carbocycles. The molecule has 8 nitrogen and oxygen atoms in total. The summed E-state index contributed by atoms with van der Waals surface area (Å²) in [7, 11) is -5.96. The summed E-state index contributed by atoms with van der Waals surface area (Å²) in [6, 6.07) is -1.74. The van der Waals surface area contributed by atoms with Gasteiger partial charge in [-0.2, -0.15) is 21.6 Å². The number of hydrogen-bond acceptors (Lipinski definition) is 5. The molecule has 0 saturated heterocycles.